The molecule has 1 aliphatic carbocycles. The van der Waals surface area contributed by atoms with Gasteiger partial charge in [-0.1, -0.05) is 13.8 Å². The number of halogens is 1. The molecule has 3 fully saturated rings. The molecule has 4 atom stereocenters. The Labute approximate surface area is 137 Å². The van der Waals surface area contributed by atoms with E-state index in [-0.39, 0.29) is 36.2 Å². The smallest absolute Gasteiger partial charge is 0.244 e. The maximum Gasteiger partial charge on any atom is 0.244 e. The van der Waals surface area contributed by atoms with Crippen LogP contribution in [0.4, 0.5) is 0 Å². The number of rotatable bonds is 2. The number of hydrogen-bond acceptors (Lipinski definition) is 4. The lowest BCUT2D eigenvalue weighted by Gasteiger charge is -2.65. The molecular weight excluding hydrogens is 306 g/mol. The first kappa shape index (κ1) is 17.5. The monoisotopic (exact) mass is 331 g/mol. The summed E-state index contributed by atoms with van der Waals surface area (Å²) in [6, 6.07) is -0.428. The van der Waals surface area contributed by atoms with Gasteiger partial charge in [-0.15, -0.1) is 12.4 Å². The minimum Gasteiger partial charge on any atom is -0.377 e. The van der Waals surface area contributed by atoms with E-state index in [9.17, 15) is 9.59 Å². The van der Waals surface area contributed by atoms with Crippen LogP contribution in [0.5, 0.6) is 0 Å². The van der Waals surface area contributed by atoms with Crippen LogP contribution in [0.15, 0.2) is 0 Å². The third kappa shape index (κ3) is 2.15. The van der Waals surface area contributed by atoms with Gasteiger partial charge in [0.2, 0.25) is 11.8 Å². The Morgan fingerprint density at radius 3 is 2.68 bits per heavy atom. The van der Waals surface area contributed by atoms with Crippen molar-refractivity contribution in [3.8, 4) is 0 Å². The summed E-state index contributed by atoms with van der Waals surface area (Å²) in [5.41, 5.74) is 5.17. The molecule has 0 aromatic heterocycles. The summed E-state index contributed by atoms with van der Waals surface area (Å²) in [7, 11) is 1.75. The molecule has 3 N–H and O–H groups in total. The van der Waals surface area contributed by atoms with E-state index >= 15 is 0 Å². The predicted octanol–water partition coefficient (Wildman–Crippen LogP) is 0.288. The molecule has 0 aromatic rings. The number of nitrogens with one attached hydrogen (secondary N) is 1. The van der Waals surface area contributed by atoms with Gasteiger partial charge in [-0.25, -0.2) is 0 Å². The van der Waals surface area contributed by atoms with Crippen molar-refractivity contribution in [1.82, 2.24) is 10.2 Å². The lowest BCUT2D eigenvalue weighted by molar-refractivity contribution is -0.225. The number of ether oxygens (including phenoxy) is 1. The SMILES string of the molecule is CN1CCC(NC(=O)C2(N)C3CCCOC3C2(C)C)C1=O.Cl. The van der Waals surface area contributed by atoms with E-state index in [1.165, 1.54) is 0 Å². The van der Waals surface area contributed by atoms with Crippen molar-refractivity contribution >= 4 is 24.2 Å². The highest BCUT2D eigenvalue weighted by Gasteiger charge is 2.70. The van der Waals surface area contributed by atoms with Crippen molar-refractivity contribution in [3.05, 3.63) is 0 Å². The van der Waals surface area contributed by atoms with E-state index in [0.717, 1.165) is 19.4 Å². The van der Waals surface area contributed by atoms with Crippen LogP contribution in [0.2, 0.25) is 0 Å². The number of hydrogen-bond donors (Lipinski definition) is 2. The number of carbonyl (C=O) groups excluding carboxylic acids is 2. The summed E-state index contributed by atoms with van der Waals surface area (Å²) in [5.74, 6) is -0.177. The number of nitrogens with zero attached hydrogens (tertiary/aromatic N) is 1. The Kier molecular flexibility index (Phi) is 4.50. The molecule has 1 saturated carbocycles. The summed E-state index contributed by atoms with van der Waals surface area (Å²) >= 11 is 0. The van der Waals surface area contributed by atoms with Gasteiger partial charge in [0.25, 0.3) is 0 Å². The van der Waals surface area contributed by atoms with Crippen LogP contribution in [0.1, 0.15) is 33.1 Å². The third-order valence-electron chi connectivity index (χ3n) is 5.79. The molecule has 7 heteroatoms. The quantitative estimate of drug-likeness (QED) is 0.761. The zero-order chi connectivity index (χ0) is 15.4. The lowest BCUT2D eigenvalue weighted by Crippen LogP contribution is -2.82. The summed E-state index contributed by atoms with van der Waals surface area (Å²) in [5, 5.41) is 2.88. The average molecular weight is 332 g/mol. The molecule has 0 aromatic carbocycles. The highest BCUT2D eigenvalue weighted by molar-refractivity contribution is 5.94. The Bertz CT molecular complexity index is 485. The van der Waals surface area contributed by atoms with Crippen molar-refractivity contribution in [2.75, 3.05) is 20.2 Å². The fourth-order valence-corrected chi connectivity index (χ4v) is 4.27. The molecule has 6 nitrogen and oxygen atoms in total. The number of carbonyl (C=O) groups is 2. The molecule has 0 bridgehead atoms. The summed E-state index contributed by atoms with van der Waals surface area (Å²) in [4.78, 5) is 26.4. The molecule has 2 aliphatic heterocycles. The maximum atomic E-state index is 12.8. The molecule has 2 amide bonds. The normalized spacial score (nSPS) is 39.5. The van der Waals surface area contributed by atoms with Crippen molar-refractivity contribution in [2.24, 2.45) is 17.1 Å². The second-order valence-corrected chi connectivity index (χ2v) is 7.21. The molecule has 4 unspecified atom stereocenters. The zero-order valence-electron chi connectivity index (χ0n) is 13.4. The fraction of sp³-hybridized carbons (Fsp3) is 0.867. The van der Waals surface area contributed by atoms with Gasteiger partial charge in [0.05, 0.1) is 6.10 Å². The van der Waals surface area contributed by atoms with Crippen molar-refractivity contribution < 1.29 is 14.3 Å². The number of amides is 2. The first-order chi connectivity index (χ1) is 9.80. The largest absolute Gasteiger partial charge is 0.377 e. The average Bonchev–Trinajstić information content (AvgIpc) is 2.78. The van der Waals surface area contributed by atoms with Crippen LogP contribution in [-0.4, -0.2) is 54.6 Å². The molecule has 2 saturated heterocycles. The topological polar surface area (TPSA) is 84.7 Å². The number of nitrogens with two attached hydrogens (primary N) is 1. The van der Waals surface area contributed by atoms with E-state index in [2.05, 4.69) is 5.32 Å². The molecule has 3 rings (SSSR count). The van der Waals surface area contributed by atoms with Gasteiger partial charge in [0.15, 0.2) is 0 Å². The highest BCUT2D eigenvalue weighted by atomic mass is 35.5. The van der Waals surface area contributed by atoms with E-state index in [0.29, 0.717) is 13.0 Å². The summed E-state index contributed by atoms with van der Waals surface area (Å²) in [6.07, 6.45) is 2.55. The van der Waals surface area contributed by atoms with Crippen LogP contribution in [0.3, 0.4) is 0 Å². The van der Waals surface area contributed by atoms with Crippen molar-refractivity contribution in [2.45, 2.75) is 50.8 Å². The minimum atomic E-state index is -0.945. The van der Waals surface area contributed by atoms with Gasteiger partial charge in [-0.3, -0.25) is 9.59 Å². The van der Waals surface area contributed by atoms with E-state index in [1.807, 2.05) is 13.8 Å². The first-order valence-electron chi connectivity index (χ1n) is 7.76. The van der Waals surface area contributed by atoms with Gasteiger partial charge in [-0.2, -0.15) is 0 Å². The van der Waals surface area contributed by atoms with Gasteiger partial charge >= 0.3 is 0 Å². The number of likely N-dealkylation sites (N-methyl/N-ethyl adjacent to an activating group) is 1. The van der Waals surface area contributed by atoms with Gasteiger partial charge < -0.3 is 20.7 Å². The van der Waals surface area contributed by atoms with Crippen LogP contribution in [0, 0.1) is 11.3 Å². The predicted molar refractivity (Wildman–Crippen MR) is 84.6 cm³/mol. The highest BCUT2D eigenvalue weighted by Crippen LogP contribution is 2.57. The molecule has 2 heterocycles. The van der Waals surface area contributed by atoms with Gasteiger partial charge in [-0.05, 0) is 19.3 Å². The molecule has 126 valence electrons. The Hall–Kier alpha value is -0.850. The molecule has 22 heavy (non-hydrogen) atoms. The standard InChI is InChI=1S/C15H25N3O3.ClH/c1-14(2)11-9(5-4-8-21-11)15(14,16)13(20)17-10-6-7-18(3)12(10)19;/h9-11H,4-8,16H2,1-3H3,(H,17,20);1H. The van der Waals surface area contributed by atoms with Crippen LogP contribution in [-0.2, 0) is 14.3 Å². The Balaban J connectivity index is 0.00000176. The molecule has 0 spiro atoms. The van der Waals surface area contributed by atoms with Crippen LogP contribution < -0.4 is 11.1 Å². The third-order valence-corrected chi connectivity index (χ3v) is 5.79. The van der Waals surface area contributed by atoms with E-state index in [4.69, 9.17) is 10.5 Å². The lowest BCUT2D eigenvalue weighted by atomic mass is 9.46. The van der Waals surface area contributed by atoms with Crippen LogP contribution in [0.25, 0.3) is 0 Å². The second-order valence-electron chi connectivity index (χ2n) is 7.21. The number of fused-ring (bicyclic) bond motifs is 1. The first-order valence-corrected chi connectivity index (χ1v) is 7.76. The maximum absolute atomic E-state index is 12.8. The van der Waals surface area contributed by atoms with Crippen molar-refractivity contribution in [3.63, 3.8) is 0 Å². The summed E-state index contributed by atoms with van der Waals surface area (Å²) in [6.45, 7) is 5.40. The van der Waals surface area contributed by atoms with Crippen molar-refractivity contribution in [1.29, 1.82) is 0 Å². The molecule has 3 aliphatic rings. The minimum absolute atomic E-state index is 0. The molecular formula is C15H26ClN3O3. The second kappa shape index (κ2) is 5.65. The van der Waals surface area contributed by atoms with E-state index in [1.54, 1.807) is 11.9 Å². The fourth-order valence-electron chi connectivity index (χ4n) is 4.27. The zero-order valence-corrected chi connectivity index (χ0v) is 14.2. The van der Waals surface area contributed by atoms with Gasteiger partial charge in [0, 0.05) is 31.5 Å². The Morgan fingerprint density at radius 1 is 1.41 bits per heavy atom. The number of likely N-dealkylation sites (tertiary alicyclic amines) is 1. The summed E-state index contributed by atoms with van der Waals surface area (Å²) < 4.78 is 5.81. The van der Waals surface area contributed by atoms with Crippen LogP contribution >= 0.6 is 12.4 Å². The van der Waals surface area contributed by atoms with E-state index < -0.39 is 17.0 Å². The Morgan fingerprint density at radius 2 is 2.09 bits per heavy atom. The van der Waals surface area contributed by atoms with Gasteiger partial charge in [0.1, 0.15) is 11.6 Å². The molecule has 0 radical (unpaired) electrons.